The Kier molecular flexibility index (Phi) is 6.13. The zero-order valence-corrected chi connectivity index (χ0v) is 14.9. The molecule has 0 unspecified atom stereocenters. The number of carbonyl (C=O) groups excluding carboxylic acids is 2. The molecule has 7 nitrogen and oxygen atoms in total. The van der Waals surface area contributed by atoms with Gasteiger partial charge in [0.1, 0.15) is 5.75 Å². The van der Waals surface area contributed by atoms with Crippen LogP contribution < -0.4 is 9.46 Å². The van der Waals surface area contributed by atoms with Gasteiger partial charge < -0.3 is 9.47 Å². The summed E-state index contributed by atoms with van der Waals surface area (Å²) in [5, 5.41) is 0. The Hall–Kier alpha value is -3.13. The van der Waals surface area contributed by atoms with Gasteiger partial charge in [-0.2, -0.15) is 0 Å². The molecule has 8 heteroatoms. The first-order valence-corrected chi connectivity index (χ1v) is 8.91. The maximum Gasteiger partial charge on any atom is 0.337 e. The largest absolute Gasteiger partial charge is 0.497 e. The summed E-state index contributed by atoms with van der Waals surface area (Å²) < 4.78 is 35.9. The summed E-state index contributed by atoms with van der Waals surface area (Å²) >= 11 is 0. The van der Waals surface area contributed by atoms with E-state index in [-0.39, 0.29) is 4.90 Å². The van der Waals surface area contributed by atoms with Crippen LogP contribution in [0.3, 0.4) is 0 Å². The van der Waals surface area contributed by atoms with E-state index in [4.69, 9.17) is 4.74 Å². The lowest BCUT2D eigenvalue weighted by molar-refractivity contribution is -0.114. The highest BCUT2D eigenvalue weighted by molar-refractivity contribution is 7.90. The highest BCUT2D eigenvalue weighted by Crippen LogP contribution is 2.16. The van der Waals surface area contributed by atoms with Crippen LogP contribution in [0.2, 0.25) is 0 Å². The lowest BCUT2D eigenvalue weighted by Crippen LogP contribution is -2.28. The average Bonchev–Trinajstić information content (AvgIpc) is 2.66. The molecule has 0 aromatic heterocycles. The van der Waals surface area contributed by atoms with Crippen LogP contribution >= 0.6 is 0 Å². The summed E-state index contributed by atoms with van der Waals surface area (Å²) in [5.41, 5.74) is 0.987. The third-order valence-corrected chi connectivity index (χ3v) is 4.69. The predicted octanol–water partition coefficient (Wildman–Crippen LogP) is 2.00. The average molecular weight is 375 g/mol. The van der Waals surface area contributed by atoms with Gasteiger partial charge in [-0.15, -0.1) is 0 Å². The van der Waals surface area contributed by atoms with Gasteiger partial charge in [-0.1, -0.05) is 18.2 Å². The second-order valence-electron chi connectivity index (χ2n) is 5.10. The topological polar surface area (TPSA) is 98.8 Å². The lowest BCUT2D eigenvalue weighted by atomic mass is 10.1. The summed E-state index contributed by atoms with van der Waals surface area (Å²) in [5.74, 6) is -0.908. The fraction of sp³-hybridized carbons (Fsp3) is 0.111. The van der Waals surface area contributed by atoms with Crippen molar-refractivity contribution >= 4 is 28.0 Å². The second-order valence-corrected chi connectivity index (χ2v) is 6.78. The number of sulfonamides is 1. The maximum atomic E-state index is 12.2. The molecule has 0 saturated carbocycles. The van der Waals surface area contributed by atoms with Crippen molar-refractivity contribution in [3.8, 4) is 5.75 Å². The summed E-state index contributed by atoms with van der Waals surface area (Å²) in [6.45, 7) is 0. The third kappa shape index (κ3) is 4.93. The maximum absolute atomic E-state index is 12.2. The Bertz CT molecular complexity index is 932. The standard InChI is InChI=1S/C18H17NO6S/c1-24-15-4-3-5-16(12-15)26(22,23)19-17(20)11-8-13-6-9-14(10-7-13)18(21)25-2/h3-12H,1-2H3,(H,19,20)/b11-8+. The van der Waals surface area contributed by atoms with Crippen LogP contribution in [0, 0.1) is 0 Å². The zero-order chi connectivity index (χ0) is 19.2. The molecule has 2 aromatic rings. The third-order valence-electron chi connectivity index (χ3n) is 3.35. The smallest absolute Gasteiger partial charge is 0.337 e. The number of rotatable bonds is 6. The van der Waals surface area contributed by atoms with E-state index in [1.807, 2.05) is 4.72 Å². The number of carbonyl (C=O) groups is 2. The van der Waals surface area contributed by atoms with Crippen molar-refractivity contribution in [3.63, 3.8) is 0 Å². The van der Waals surface area contributed by atoms with E-state index < -0.39 is 21.9 Å². The molecule has 0 spiro atoms. The fourth-order valence-corrected chi connectivity index (χ4v) is 2.99. The number of hydrogen-bond donors (Lipinski definition) is 1. The van der Waals surface area contributed by atoms with Crippen LogP contribution in [0.4, 0.5) is 0 Å². The monoisotopic (exact) mass is 375 g/mol. The van der Waals surface area contributed by atoms with Crippen molar-refractivity contribution in [1.82, 2.24) is 4.72 Å². The molecule has 0 aliphatic rings. The van der Waals surface area contributed by atoms with Gasteiger partial charge in [-0.05, 0) is 35.9 Å². The molecule has 0 radical (unpaired) electrons. The van der Waals surface area contributed by atoms with Gasteiger partial charge in [0.15, 0.2) is 0 Å². The summed E-state index contributed by atoms with van der Waals surface area (Å²) in [7, 11) is -1.31. The summed E-state index contributed by atoms with van der Waals surface area (Å²) in [6, 6.07) is 12.1. The van der Waals surface area contributed by atoms with Crippen molar-refractivity contribution < 1.29 is 27.5 Å². The minimum absolute atomic E-state index is 0.0824. The molecular formula is C18H17NO6S. The van der Waals surface area contributed by atoms with Crippen LogP contribution in [0.1, 0.15) is 15.9 Å². The predicted molar refractivity (Wildman–Crippen MR) is 95.1 cm³/mol. The van der Waals surface area contributed by atoms with E-state index in [0.29, 0.717) is 16.9 Å². The molecule has 2 aromatic carbocycles. The Morgan fingerprint density at radius 1 is 1.04 bits per heavy atom. The van der Waals surface area contributed by atoms with Gasteiger partial charge in [0.05, 0.1) is 24.7 Å². The molecule has 1 amide bonds. The Labute approximate surface area is 151 Å². The van der Waals surface area contributed by atoms with Crippen LogP contribution in [0.25, 0.3) is 6.08 Å². The molecular weight excluding hydrogens is 358 g/mol. The lowest BCUT2D eigenvalue weighted by Gasteiger charge is -2.06. The van der Waals surface area contributed by atoms with Crippen molar-refractivity contribution in [2.45, 2.75) is 4.90 Å². The molecule has 0 atom stereocenters. The van der Waals surface area contributed by atoms with Gasteiger partial charge in [-0.25, -0.2) is 17.9 Å². The normalized spacial score (nSPS) is 11.2. The van der Waals surface area contributed by atoms with Gasteiger partial charge in [-0.3, -0.25) is 4.79 Å². The number of benzene rings is 2. The molecule has 0 aliphatic heterocycles. The van der Waals surface area contributed by atoms with Gasteiger partial charge in [0.25, 0.3) is 15.9 Å². The van der Waals surface area contributed by atoms with E-state index in [1.165, 1.54) is 50.6 Å². The quantitative estimate of drug-likeness (QED) is 0.612. The molecule has 0 saturated heterocycles. The van der Waals surface area contributed by atoms with Gasteiger partial charge in [0, 0.05) is 12.1 Å². The molecule has 0 aliphatic carbocycles. The molecule has 26 heavy (non-hydrogen) atoms. The summed E-state index contributed by atoms with van der Waals surface area (Å²) in [6.07, 6.45) is 2.52. The molecule has 2 rings (SSSR count). The minimum atomic E-state index is -4.01. The van der Waals surface area contributed by atoms with E-state index in [0.717, 1.165) is 6.08 Å². The first-order valence-electron chi connectivity index (χ1n) is 7.43. The Morgan fingerprint density at radius 2 is 1.73 bits per heavy atom. The van der Waals surface area contributed by atoms with E-state index in [1.54, 1.807) is 18.2 Å². The van der Waals surface area contributed by atoms with Gasteiger partial charge >= 0.3 is 5.97 Å². The van der Waals surface area contributed by atoms with Crippen molar-refractivity contribution in [3.05, 3.63) is 65.7 Å². The first-order chi connectivity index (χ1) is 12.4. The van der Waals surface area contributed by atoms with Gasteiger partial charge in [0.2, 0.25) is 0 Å². The molecule has 0 fully saturated rings. The first kappa shape index (κ1) is 19.2. The Balaban J connectivity index is 2.07. The SMILES string of the molecule is COC(=O)c1ccc(/C=C/C(=O)NS(=O)(=O)c2cccc(OC)c2)cc1. The van der Waals surface area contributed by atoms with E-state index in [2.05, 4.69) is 4.74 Å². The summed E-state index contributed by atoms with van der Waals surface area (Å²) in [4.78, 5) is 23.2. The van der Waals surface area contributed by atoms with Crippen LogP contribution in [0.5, 0.6) is 5.75 Å². The van der Waals surface area contributed by atoms with Crippen LogP contribution in [-0.4, -0.2) is 34.5 Å². The number of hydrogen-bond acceptors (Lipinski definition) is 6. The molecule has 136 valence electrons. The second kappa shape index (κ2) is 8.30. The minimum Gasteiger partial charge on any atom is -0.497 e. The number of ether oxygens (including phenoxy) is 2. The van der Waals surface area contributed by atoms with E-state index in [9.17, 15) is 18.0 Å². The highest BCUT2D eigenvalue weighted by atomic mass is 32.2. The molecule has 0 heterocycles. The van der Waals surface area contributed by atoms with Crippen molar-refractivity contribution in [2.24, 2.45) is 0 Å². The van der Waals surface area contributed by atoms with E-state index >= 15 is 0 Å². The van der Waals surface area contributed by atoms with Crippen molar-refractivity contribution in [2.75, 3.05) is 14.2 Å². The number of methoxy groups -OCH3 is 2. The number of nitrogens with one attached hydrogen (secondary N) is 1. The Morgan fingerprint density at radius 3 is 2.35 bits per heavy atom. The molecule has 0 bridgehead atoms. The number of esters is 1. The zero-order valence-electron chi connectivity index (χ0n) is 14.1. The number of amides is 1. The van der Waals surface area contributed by atoms with Crippen LogP contribution in [0.15, 0.2) is 59.5 Å². The highest BCUT2D eigenvalue weighted by Gasteiger charge is 2.16. The van der Waals surface area contributed by atoms with Crippen LogP contribution in [-0.2, 0) is 19.6 Å². The van der Waals surface area contributed by atoms with Crippen molar-refractivity contribution in [1.29, 1.82) is 0 Å². The molecule has 1 N–H and O–H groups in total. The fourth-order valence-electron chi connectivity index (χ4n) is 2.01.